The molecule has 0 saturated carbocycles. The van der Waals surface area contributed by atoms with Crippen LogP contribution >= 0.6 is 0 Å². The van der Waals surface area contributed by atoms with E-state index in [4.69, 9.17) is 9.47 Å². The molecule has 2 aromatic rings. The maximum atomic E-state index is 13.4. The minimum atomic E-state index is -0.969. The van der Waals surface area contributed by atoms with Crippen LogP contribution in [0, 0.1) is 15.9 Å². The molecule has 2 aromatic carbocycles. The van der Waals surface area contributed by atoms with Crippen LogP contribution in [0.1, 0.15) is 30.1 Å². The van der Waals surface area contributed by atoms with E-state index < -0.39 is 22.3 Å². The zero-order chi connectivity index (χ0) is 19.1. The highest BCUT2D eigenvalue weighted by molar-refractivity contribution is 6.04. The minimum Gasteiger partial charge on any atom is -0.493 e. The van der Waals surface area contributed by atoms with Gasteiger partial charge in [0.1, 0.15) is 0 Å². The molecule has 0 aromatic heterocycles. The molecule has 0 aliphatic rings. The molecule has 0 heterocycles. The predicted octanol–water partition coefficient (Wildman–Crippen LogP) is 4.17. The van der Waals surface area contributed by atoms with E-state index in [9.17, 15) is 19.3 Å². The molecule has 2 rings (SSSR count). The molecule has 0 spiro atoms. The number of carbonyl (C=O) groups excluding carboxylic acids is 1. The van der Waals surface area contributed by atoms with Gasteiger partial charge in [-0.25, -0.2) is 0 Å². The van der Waals surface area contributed by atoms with E-state index in [0.717, 1.165) is 25.0 Å². The van der Waals surface area contributed by atoms with Gasteiger partial charge in [0.05, 0.1) is 18.6 Å². The highest BCUT2D eigenvalue weighted by Crippen LogP contribution is 2.29. The van der Waals surface area contributed by atoms with Gasteiger partial charge >= 0.3 is 5.69 Å². The summed E-state index contributed by atoms with van der Waals surface area (Å²) in [7, 11) is 1.47. The number of unbranched alkanes of at least 4 members (excludes halogenated alkanes) is 1. The molecule has 1 amide bonds. The van der Waals surface area contributed by atoms with E-state index in [-0.39, 0.29) is 11.3 Å². The van der Waals surface area contributed by atoms with Gasteiger partial charge in [0.15, 0.2) is 11.5 Å². The number of anilines is 1. The van der Waals surface area contributed by atoms with E-state index in [2.05, 4.69) is 5.32 Å². The van der Waals surface area contributed by atoms with Crippen molar-refractivity contribution < 1.29 is 23.6 Å². The number of halogens is 1. The summed E-state index contributed by atoms with van der Waals surface area (Å²) in [4.78, 5) is 22.3. The van der Waals surface area contributed by atoms with Crippen LogP contribution < -0.4 is 14.8 Å². The molecule has 0 saturated heterocycles. The van der Waals surface area contributed by atoms with Gasteiger partial charge in [-0.2, -0.15) is 4.39 Å². The normalized spacial score (nSPS) is 10.3. The van der Waals surface area contributed by atoms with Crippen molar-refractivity contribution in [1.82, 2.24) is 0 Å². The number of ether oxygens (including phenoxy) is 2. The van der Waals surface area contributed by atoms with Gasteiger partial charge in [-0.15, -0.1) is 0 Å². The first-order valence-electron chi connectivity index (χ1n) is 8.02. The van der Waals surface area contributed by atoms with Crippen molar-refractivity contribution in [2.45, 2.75) is 19.8 Å². The summed E-state index contributed by atoms with van der Waals surface area (Å²) in [6.45, 7) is 2.59. The molecule has 7 nitrogen and oxygen atoms in total. The predicted molar refractivity (Wildman–Crippen MR) is 94.4 cm³/mol. The monoisotopic (exact) mass is 362 g/mol. The molecule has 0 aliphatic heterocycles. The highest BCUT2D eigenvalue weighted by Gasteiger charge is 2.16. The molecular weight excluding hydrogens is 343 g/mol. The molecule has 26 heavy (non-hydrogen) atoms. The van der Waals surface area contributed by atoms with Gasteiger partial charge in [0.25, 0.3) is 5.91 Å². The van der Waals surface area contributed by atoms with Crippen molar-refractivity contribution in [3.05, 3.63) is 57.9 Å². The number of nitrogens with one attached hydrogen (secondary N) is 1. The lowest BCUT2D eigenvalue weighted by molar-refractivity contribution is -0.387. The van der Waals surface area contributed by atoms with E-state index >= 15 is 0 Å². The Kier molecular flexibility index (Phi) is 6.48. The van der Waals surface area contributed by atoms with Crippen LogP contribution in [-0.4, -0.2) is 24.5 Å². The number of methoxy groups -OCH3 is 1. The molecular formula is C18H19FN2O5. The first kappa shape index (κ1) is 19.2. The fourth-order valence-electron chi connectivity index (χ4n) is 2.19. The van der Waals surface area contributed by atoms with Gasteiger partial charge in [0.2, 0.25) is 5.82 Å². The van der Waals surface area contributed by atoms with Gasteiger partial charge in [-0.3, -0.25) is 14.9 Å². The van der Waals surface area contributed by atoms with Crippen LogP contribution in [0.4, 0.5) is 15.8 Å². The third-order valence-corrected chi connectivity index (χ3v) is 3.58. The smallest absolute Gasteiger partial charge is 0.306 e. The molecule has 0 radical (unpaired) electrons. The van der Waals surface area contributed by atoms with Gasteiger partial charge in [0, 0.05) is 17.3 Å². The summed E-state index contributed by atoms with van der Waals surface area (Å²) in [5.74, 6) is -0.554. The Bertz CT molecular complexity index is 810. The third-order valence-electron chi connectivity index (χ3n) is 3.58. The fourth-order valence-corrected chi connectivity index (χ4v) is 2.19. The number of hydrogen-bond acceptors (Lipinski definition) is 5. The van der Waals surface area contributed by atoms with Crippen molar-refractivity contribution in [2.75, 3.05) is 19.0 Å². The summed E-state index contributed by atoms with van der Waals surface area (Å²) in [5, 5.41) is 13.3. The lowest BCUT2D eigenvalue weighted by atomic mass is 10.1. The van der Waals surface area contributed by atoms with Crippen LogP contribution in [-0.2, 0) is 0 Å². The molecule has 1 N–H and O–H groups in total. The number of benzene rings is 2. The van der Waals surface area contributed by atoms with Crippen LogP contribution in [0.15, 0.2) is 36.4 Å². The van der Waals surface area contributed by atoms with Crippen LogP contribution in [0.25, 0.3) is 0 Å². The molecule has 0 bridgehead atoms. The van der Waals surface area contributed by atoms with Crippen LogP contribution in [0.5, 0.6) is 11.5 Å². The van der Waals surface area contributed by atoms with Gasteiger partial charge in [-0.1, -0.05) is 13.3 Å². The van der Waals surface area contributed by atoms with Gasteiger partial charge in [-0.05, 0) is 36.8 Å². The summed E-state index contributed by atoms with van der Waals surface area (Å²) >= 11 is 0. The number of nitrogens with zero attached hydrogens (tertiary/aromatic N) is 1. The molecule has 0 atom stereocenters. The SMILES string of the molecule is CCCCOc1ccc(C(=O)Nc2ccc(F)c([N+](=O)[O-])c2)cc1OC. The maximum Gasteiger partial charge on any atom is 0.306 e. The first-order valence-corrected chi connectivity index (χ1v) is 8.02. The second-order valence-corrected chi connectivity index (χ2v) is 5.45. The summed E-state index contributed by atoms with van der Waals surface area (Å²) in [5.41, 5.74) is -0.318. The van der Waals surface area contributed by atoms with Crippen molar-refractivity contribution in [3.8, 4) is 11.5 Å². The fraction of sp³-hybridized carbons (Fsp3) is 0.278. The lowest BCUT2D eigenvalue weighted by Crippen LogP contribution is -2.12. The first-order chi connectivity index (χ1) is 12.5. The number of carbonyl (C=O) groups is 1. The Morgan fingerprint density at radius 2 is 2.00 bits per heavy atom. The Balaban J connectivity index is 2.17. The number of nitro groups is 1. The molecule has 0 aliphatic carbocycles. The topological polar surface area (TPSA) is 90.7 Å². The Morgan fingerprint density at radius 3 is 2.65 bits per heavy atom. The van der Waals surface area contributed by atoms with E-state index in [0.29, 0.717) is 18.1 Å². The number of rotatable bonds is 8. The quantitative estimate of drug-likeness (QED) is 0.432. The van der Waals surface area contributed by atoms with E-state index in [1.807, 2.05) is 6.92 Å². The van der Waals surface area contributed by atoms with Gasteiger partial charge < -0.3 is 14.8 Å². The average molecular weight is 362 g/mol. The lowest BCUT2D eigenvalue weighted by Gasteiger charge is -2.12. The molecule has 138 valence electrons. The number of amides is 1. The number of nitro benzene ring substituents is 1. The Hall–Kier alpha value is -3.16. The summed E-state index contributed by atoms with van der Waals surface area (Å²) in [6.07, 6.45) is 1.89. The molecule has 0 unspecified atom stereocenters. The van der Waals surface area contributed by atoms with E-state index in [1.54, 1.807) is 12.1 Å². The average Bonchev–Trinajstić information content (AvgIpc) is 2.63. The summed E-state index contributed by atoms with van der Waals surface area (Å²) in [6, 6.07) is 7.83. The largest absolute Gasteiger partial charge is 0.493 e. The standard InChI is InChI=1S/C18H19FN2O5/c1-3-4-9-26-16-8-5-12(10-17(16)25-2)18(22)20-13-6-7-14(19)15(11-13)21(23)24/h5-8,10-11H,3-4,9H2,1-2H3,(H,20,22). The highest BCUT2D eigenvalue weighted by atomic mass is 19.1. The third kappa shape index (κ3) is 4.69. The van der Waals surface area contributed by atoms with E-state index in [1.165, 1.54) is 19.2 Å². The van der Waals surface area contributed by atoms with Crippen molar-refractivity contribution >= 4 is 17.3 Å². The Morgan fingerprint density at radius 1 is 1.23 bits per heavy atom. The minimum absolute atomic E-state index is 0.116. The summed E-state index contributed by atoms with van der Waals surface area (Å²) < 4.78 is 24.2. The molecule has 0 fully saturated rings. The second kappa shape index (κ2) is 8.80. The maximum absolute atomic E-state index is 13.4. The van der Waals surface area contributed by atoms with Crippen LogP contribution in [0.3, 0.4) is 0 Å². The zero-order valence-electron chi connectivity index (χ0n) is 14.5. The second-order valence-electron chi connectivity index (χ2n) is 5.45. The van der Waals surface area contributed by atoms with Crippen LogP contribution in [0.2, 0.25) is 0 Å². The number of hydrogen-bond donors (Lipinski definition) is 1. The zero-order valence-corrected chi connectivity index (χ0v) is 14.5. The van der Waals surface area contributed by atoms with Crippen molar-refractivity contribution in [1.29, 1.82) is 0 Å². The van der Waals surface area contributed by atoms with Crippen molar-refractivity contribution in [3.63, 3.8) is 0 Å². The van der Waals surface area contributed by atoms with Crippen molar-refractivity contribution in [2.24, 2.45) is 0 Å². The Labute approximate surface area is 149 Å². The molecule has 8 heteroatoms.